The van der Waals surface area contributed by atoms with Crippen LogP contribution in [0.5, 0.6) is 11.5 Å². The summed E-state index contributed by atoms with van der Waals surface area (Å²) in [5.41, 5.74) is -0.0454. The van der Waals surface area contributed by atoms with E-state index in [4.69, 9.17) is 4.74 Å². The van der Waals surface area contributed by atoms with Crippen molar-refractivity contribution in [2.75, 3.05) is 26.2 Å². The first kappa shape index (κ1) is 44.6. The molecule has 0 spiro atoms. The smallest absolute Gasteiger partial charge is 0.481 e. The Balaban J connectivity index is 0.964. The molecule has 62 heavy (non-hydrogen) atoms. The summed E-state index contributed by atoms with van der Waals surface area (Å²) in [5, 5.41) is 9.65. The molecule has 1 aromatic rings. The van der Waals surface area contributed by atoms with Crippen LogP contribution < -0.4 is 9.47 Å². The molecule has 8 rings (SSSR count). The number of carboxylic acid groups (broad SMARTS) is 1. The zero-order valence-electron chi connectivity index (χ0n) is 38.1. The van der Waals surface area contributed by atoms with Gasteiger partial charge in [-0.3, -0.25) is 19.2 Å². The van der Waals surface area contributed by atoms with Crippen molar-refractivity contribution in [1.82, 2.24) is 9.80 Å². The van der Waals surface area contributed by atoms with Crippen molar-refractivity contribution < 1.29 is 47.3 Å². The minimum absolute atomic E-state index is 0.0303. The highest BCUT2D eigenvalue weighted by atomic mass is 19.3. The number of nitrogens with zero attached hydrogens (tertiary/aromatic N) is 2. The molecule has 0 bridgehead atoms. The predicted molar refractivity (Wildman–Crippen MR) is 230 cm³/mol. The fourth-order valence-corrected chi connectivity index (χ4v) is 15.1. The zero-order valence-corrected chi connectivity index (χ0v) is 38.1. The van der Waals surface area contributed by atoms with E-state index in [0.29, 0.717) is 49.5 Å². The van der Waals surface area contributed by atoms with Gasteiger partial charge in [0.15, 0.2) is 11.5 Å². The van der Waals surface area contributed by atoms with E-state index in [2.05, 4.69) is 57.6 Å². The Labute approximate surface area is 366 Å². The molecule has 340 valence electrons. The number of carboxylic acids is 1. The van der Waals surface area contributed by atoms with Gasteiger partial charge in [-0.1, -0.05) is 52.8 Å². The van der Waals surface area contributed by atoms with Crippen molar-refractivity contribution in [3.05, 3.63) is 42.0 Å². The Kier molecular flexibility index (Phi) is 10.8. The second-order valence-electron chi connectivity index (χ2n) is 22.4. The molecule has 2 amide bonds. The van der Waals surface area contributed by atoms with Gasteiger partial charge in [-0.25, -0.2) is 0 Å². The van der Waals surface area contributed by atoms with E-state index in [1.54, 1.807) is 30.9 Å². The molecule has 1 N–H and O–H groups in total. The van der Waals surface area contributed by atoms with Gasteiger partial charge in [0.25, 0.3) is 0 Å². The number of allylic oxidation sites excluding steroid dienone is 1. The molecule has 1 aromatic carbocycles. The number of carbonyl (C=O) groups excluding carboxylic acids is 3. The Morgan fingerprint density at radius 3 is 2.21 bits per heavy atom. The summed E-state index contributed by atoms with van der Waals surface area (Å²) < 4.78 is 42.3. The largest absolute Gasteiger partial charge is 0.586 e. The van der Waals surface area contributed by atoms with Crippen LogP contribution in [0.25, 0.3) is 6.08 Å². The fourth-order valence-electron chi connectivity index (χ4n) is 15.1. The summed E-state index contributed by atoms with van der Waals surface area (Å²) in [6, 6.07) is 4.41. The van der Waals surface area contributed by atoms with Crippen LogP contribution in [0.1, 0.15) is 132 Å². The molecule has 7 aliphatic rings. The normalized spacial score (nSPS) is 38.0. The van der Waals surface area contributed by atoms with Gasteiger partial charge in [0.1, 0.15) is 6.10 Å². The Morgan fingerprint density at radius 1 is 0.855 bits per heavy atom. The lowest BCUT2D eigenvalue weighted by atomic mass is 9.32. The van der Waals surface area contributed by atoms with Crippen molar-refractivity contribution in [3.8, 4) is 11.5 Å². The molecule has 6 fully saturated rings. The highest BCUT2D eigenvalue weighted by Gasteiger charge is 2.72. The van der Waals surface area contributed by atoms with E-state index in [-0.39, 0.29) is 69.3 Å². The maximum absolute atomic E-state index is 15.2. The molecule has 2 heterocycles. The first-order valence-corrected chi connectivity index (χ1v) is 23.1. The number of hydrogen-bond donors (Lipinski definition) is 1. The van der Waals surface area contributed by atoms with Crippen LogP contribution in [-0.4, -0.2) is 77.2 Å². The van der Waals surface area contributed by atoms with Crippen LogP contribution in [0, 0.1) is 62.1 Å². The Morgan fingerprint density at radius 2 is 1.53 bits per heavy atom. The molecule has 5 saturated carbocycles. The molecular formula is C50H68F2N2O8. The lowest BCUT2D eigenvalue weighted by molar-refractivity contribution is -0.286. The molecule has 0 unspecified atom stereocenters. The standard InChI is InChI=1S/C50H68F2N2O8/c1-30(2)32-16-21-49(42(57)54-26-24-53(25-27-54)39(55)15-11-31-10-13-34-35(28-31)62-50(51,52)61-34)23-22-47(8)33(41(32)49)12-14-37-46(7)19-18-38(60-40(56)29-44(3,4)43(58)59)45(5,6)36(46)17-20-48(37,47)9/h10-11,13,15,28,32-33,36-38,41H,1,12,14,16-27,29H2,2-9H3,(H,58,59)/b15-11+/t32-,33+,36-,37+,38-,41+,46-,47+,48+,49-/m0/s1. The second-order valence-corrected chi connectivity index (χ2v) is 22.4. The van der Waals surface area contributed by atoms with Crippen LogP contribution in [0.15, 0.2) is 36.4 Å². The minimum Gasteiger partial charge on any atom is -0.481 e. The number of rotatable bonds is 8. The number of fused-ring (bicyclic) bond motifs is 8. The van der Waals surface area contributed by atoms with Crippen LogP contribution in [-0.2, 0) is 23.9 Å². The van der Waals surface area contributed by atoms with Gasteiger partial charge in [0.2, 0.25) is 11.8 Å². The SMILES string of the molecule is C=C(C)[C@@H]1CC[C@]2(C(=O)N3CCN(C(=O)/C=C/c4ccc5c(c4)OC(F)(F)O5)CC3)CC[C@]3(C)[C@H](CC[C@@H]4[C@@]5(C)CC[C@H](OC(=O)CC(C)(C)C(=O)O)C(C)(C)[C@@H]5CC[C@]43C)[C@@H]12. The monoisotopic (exact) mass is 862 g/mol. The number of benzene rings is 1. The lowest BCUT2D eigenvalue weighted by Gasteiger charge is -2.73. The average molecular weight is 863 g/mol. The number of esters is 1. The average Bonchev–Trinajstić information content (AvgIpc) is 3.75. The summed E-state index contributed by atoms with van der Waals surface area (Å²) in [5.74, 6) is 0.195. The Bertz CT molecular complexity index is 2060. The molecule has 12 heteroatoms. The molecule has 10 atom stereocenters. The first-order valence-electron chi connectivity index (χ1n) is 23.1. The van der Waals surface area contributed by atoms with E-state index in [1.165, 1.54) is 23.8 Å². The van der Waals surface area contributed by atoms with E-state index in [0.717, 1.165) is 64.2 Å². The minimum atomic E-state index is -3.71. The zero-order chi connectivity index (χ0) is 45.0. The van der Waals surface area contributed by atoms with Crippen molar-refractivity contribution in [2.45, 2.75) is 138 Å². The third kappa shape index (κ3) is 6.97. The van der Waals surface area contributed by atoms with Gasteiger partial charge in [0.05, 0.1) is 17.3 Å². The number of alkyl halides is 2. The van der Waals surface area contributed by atoms with E-state index >= 15 is 4.79 Å². The third-order valence-corrected chi connectivity index (χ3v) is 18.6. The summed E-state index contributed by atoms with van der Waals surface area (Å²) in [6.07, 6.45) is 8.63. The summed E-state index contributed by atoms with van der Waals surface area (Å²) in [6.45, 7) is 23.8. The Hall–Kier alpha value is -3.96. The van der Waals surface area contributed by atoms with Crippen molar-refractivity contribution in [1.29, 1.82) is 0 Å². The van der Waals surface area contributed by atoms with Crippen molar-refractivity contribution in [2.24, 2.45) is 62.1 Å². The van der Waals surface area contributed by atoms with Gasteiger partial charge in [-0.15, -0.1) is 8.78 Å². The summed E-state index contributed by atoms with van der Waals surface area (Å²) in [7, 11) is 0. The van der Waals surface area contributed by atoms with E-state index in [9.17, 15) is 28.3 Å². The van der Waals surface area contributed by atoms with Gasteiger partial charge in [-0.2, -0.15) is 0 Å². The molecule has 10 nitrogen and oxygen atoms in total. The molecular weight excluding hydrogens is 795 g/mol. The highest BCUT2D eigenvalue weighted by Crippen LogP contribution is 2.77. The summed E-state index contributed by atoms with van der Waals surface area (Å²) in [4.78, 5) is 57.2. The second kappa shape index (κ2) is 15.1. The topological polar surface area (TPSA) is 123 Å². The maximum Gasteiger partial charge on any atom is 0.586 e. The van der Waals surface area contributed by atoms with Crippen molar-refractivity contribution in [3.63, 3.8) is 0 Å². The number of halogens is 2. The third-order valence-electron chi connectivity index (χ3n) is 18.6. The molecule has 2 aliphatic heterocycles. The van der Waals surface area contributed by atoms with E-state index < -0.39 is 29.1 Å². The van der Waals surface area contributed by atoms with Crippen LogP contribution in [0.2, 0.25) is 0 Å². The molecule has 1 saturated heterocycles. The summed E-state index contributed by atoms with van der Waals surface area (Å²) >= 11 is 0. The number of aliphatic carboxylic acids is 1. The molecule has 0 radical (unpaired) electrons. The lowest BCUT2D eigenvalue weighted by Crippen LogP contribution is -2.68. The van der Waals surface area contributed by atoms with Gasteiger partial charge >= 0.3 is 18.2 Å². The van der Waals surface area contributed by atoms with Gasteiger partial charge in [0, 0.05) is 37.7 Å². The van der Waals surface area contributed by atoms with Crippen LogP contribution in [0.4, 0.5) is 8.78 Å². The number of hydrogen-bond acceptors (Lipinski definition) is 7. The number of amides is 2. The molecule has 0 aromatic heterocycles. The highest BCUT2D eigenvalue weighted by molar-refractivity contribution is 5.92. The maximum atomic E-state index is 15.2. The van der Waals surface area contributed by atoms with Crippen LogP contribution in [0.3, 0.4) is 0 Å². The number of carbonyl (C=O) groups is 4. The number of ether oxygens (including phenoxy) is 3. The predicted octanol–water partition coefficient (Wildman–Crippen LogP) is 9.76. The molecule has 5 aliphatic carbocycles. The number of piperazine rings is 1. The van der Waals surface area contributed by atoms with E-state index in [1.807, 2.05) is 4.90 Å². The van der Waals surface area contributed by atoms with Gasteiger partial charge in [-0.05, 0) is 155 Å². The van der Waals surface area contributed by atoms with Crippen molar-refractivity contribution >= 4 is 29.8 Å². The quantitative estimate of drug-likeness (QED) is 0.156. The fraction of sp³-hybridized carbons (Fsp3) is 0.720. The van der Waals surface area contributed by atoms with Crippen LogP contribution >= 0.6 is 0 Å². The van der Waals surface area contributed by atoms with Gasteiger partial charge < -0.3 is 29.1 Å². The first-order chi connectivity index (χ1) is 28.9.